The predicted molar refractivity (Wildman–Crippen MR) is 89.0 cm³/mol. The van der Waals surface area contributed by atoms with Gasteiger partial charge in [-0.15, -0.1) is 0 Å². The summed E-state index contributed by atoms with van der Waals surface area (Å²) in [5.41, 5.74) is 8.91. The van der Waals surface area contributed by atoms with E-state index in [2.05, 4.69) is 0 Å². The molecule has 0 saturated carbocycles. The van der Waals surface area contributed by atoms with Gasteiger partial charge in [-0.05, 0) is 34.9 Å². The number of hydrogen-bond acceptors (Lipinski definition) is 6. The zero-order chi connectivity index (χ0) is 17.3. The van der Waals surface area contributed by atoms with Crippen molar-refractivity contribution < 1.29 is 25.2 Å². The molecule has 2 aromatic carbocycles. The Morgan fingerprint density at radius 2 is 1.54 bits per heavy atom. The first-order chi connectivity index (χ1) is 11.5. The lowest BCUT2D eigenvalue weighted by Gasteiger charge is -2.40. The highest BCUT2D eigenvalue weighted by atomic mass is 16.5. The standard InChI is InChI=1S/C18H21NO5/c19-13-6-2-4-11(8-13)10-3-1-5-12(7-10)18-17(23)16(22)15(21)14(9-20)24-18/h1-8,14-18,20-23H,9,19H2/t14-,15-,16+,17+,18-/m1/s1. The Bertz CT molecular complexity index is 705. The quantitative estimate of drug-likeness (QED) is 0.522. The summed E-state index contributed by atoms with van der Waals surface area (Å²) in [6.45, 7) is -0.448. The molecule has 1 aliphatic rings. The van der Waals surface area contributed by atoms with Gasteiger partial charge in [0, 0.05) is 5.69 Å². The smallest absolute Gasteiger partial charge is 0.113 e. The minimum absolute atomic E-state index is 0.448. The fourth-order valence-corrected chi connectivity index (χ4v) is 2.99. The van der Waals surface area contributed by atoms with E-state index in [4.69, 9.17) is 10.5 Å². The van der Waals surface area contributed by atoms with Crippen LogP contribution in [0.2, 0.25) is 0 Å². The summed E-state index contributed by atoms with van der Waals surface area (Å²) >= 11 is 0. The zero-order valence-corrected chi connectivity index (χ0v) is 13.0. The van der Waals surface area contributed by atoms with Crippen LogP contribution in [0.15, 0.2) is 48.5 Å². The average molecular weight is 331 g/mol. The SMILES string of the molecule is Nc1cccc(-c2cccc([C@H]3O[C@H](CO)[C@@H](O)[C@H](O)[C@@H]3O)c2)c1. The van der Waals surface area contributed by atoms with E-state index in [1.165, 1.54) is 0 Å². The van der Waals surface area contributed by atoms with Crippen molar-refractivity contribution in [2.45, 2.75) is 30.5 Å². The molecule has 3 rings (SSSR count). The van der Waals surface area contributed by atoms with E-state index in [1.807, 2.05) is 36.4 Å². The zero-order valence-electron chi connectivity index (χ0n) is 13.0. The van der Waals surface area contributed by atoms with Gasteiger partial charge in [0.25, 0.3) is 0 Å². The molecule has 6 heteroatoms. The fourth-order valence-electron chi connectivity index (χ4n) is 2.99. The molecular weight excluding hydrogens is 310 g/mol. The molecule has 0 unspecified atom stereocenters. The second-order valence-electron chi connectivity index (χ2n) is 6.00. The van der Waals surface area contributed by atoms with Gasteiger partial charge >= 0.3 is 0 Å². The highest BCUT2D eigenvalue weighted by Gasteiger charge is 2.43. The lowest BCUT2D eigenvalue weighted by Crippen LogP contribution is -2.55. The number of ether oxygens (including phenoxy) is 1. The van der Waals surface area contributed by atoms with E-state index in [0.717, 1.165) is 11.1 Å². The minimum Gasteiger partial charge on any atom is -0.399 e. The van der Waals surface area contributed by atoms with Crippen LogP contribution in [0.1, 0.15) is 11.7 Å². The maximum Gasteiger partial charge on any atom is 0.113 e. The number of aliphatic hydroxyl groups is 4. The number of hydrogen-bond donors (Lipinski definition) is 5. The third-order valence-corrected chi connectivity index (χ3v) is 4.33. The number of aliphatic hydroxyl groups excluding tert-OH is 4. The summed E-state index contributed by atoms with van der Waals surface area (Å²) in [4.78, 5) is 0. The largest absolute Gasteiger partial charge is 0.399 e. The molecule has 1 aliphatic heterocycles. The van der Waals surface area contributed by atoms with Crippen molar-refractivity contribution in [3.63, 3.8) is 0 Å². The Morgan fingerprint density at radius 3 is 2.21 bits per heavy atom. The van der Waals surface area contributed by atoms with Crippen molar-refractivity contribution in [1.82, 2.24) is 0 Å². The number of benzene rings is 2. The molecule has 2 aromatic rings. The number of nitrogens with two attached hydrogens (primary N) is 1. The van der Waals surface area contributed by atoms with E-state index in [1.54, 1.807) is 12.1 Å². The van der Waals surface area contributed by atoms with Gasteiger partial charge in [0.05, 0.1) is 6.61 Å². The van der Waals surface area contributed by atoms with Gasteiger partial charge in [0.1, 0.15) is 30.5 Å². The molecule has 1 heterocycles. The molecule has 6 N–H and O–H groups in total. The first-order valence-electron chi connectivity index (χ1n) is 7.77. The molecule has 128 valence electrons. The Hall–Kier alpha value is -1.96. The molecular formula is C18H21NO5. The van der Waals surface area contributed by atoms with E-state index >= 15 is 0 Å². The second-order valence-corrected chi connectivity index (χ2v) is 6.00. The van der Waals surface area contributed by atoms with Gasteiger partial charge in [-0.25, -0.2) is 0 Å². The maximum absolute atomic E-state index is 10.2. The third-order valence-electron chi connectivity index (χ3n) is 4.33. The van der Waals surface area contributed by atoms with Crippen molar-refractivity contribution >= 4 is 5.69 Å². The number of nitrogen functional groups attached to an aromatic ring is 1. The van der Waals surface area contributed by atoms with Gasteiger partial charge in [-0.3, -0.25) is 0 Å². The van der Waals surface area contributed by atoms with Crippen molar-refractivity contribution in [3.8, 4) is 11.1 Å². The van der Waals surface area contributed by atoms with Crippen LogP contribution in [-0.2, 0) is 4.74 Å². The average Bonchev–Trinajstić information content (AvgIpc) is 2.60. The predicted octanol–water partition coefficient (Wildman–Crippen LogP) is 0.451. The Balaban J connectivity index is 1.93. The van der Waals surface area contributed by atoms with Crippen molar-refractivity contribution in [1.29, 1.82) is 0 Å². The van der Waals surface area contributed by atoms with E-state index < -0.39 is 37.1 Å². The van der Waals surface area contributed by atoms with Gasteiger partial charge in [0.2, 0.25) is 0 Å². The normalized spacial score (nSPS) is 30.2. The first-order valence-corrected chi connectivity index (χ1v) is 7.77. The van der Waals surface area contributed by atoms with Crippen LogP contribution in [0.5, 0.6) is 0 Å². The number of anilines is 1. The Morgan fingerprint density at radius 1 is 0.875 bits per heavy atom. The summed E-state index contributed by atoms with van der Waals surface area (Å²) in [6, 6.07) is 14.7. The van der Waals surface area contributed by atoms with Crippen LogP contribution in [0.3, 0.4) is 0 Å². The Labute approximate surface area is 139 Å². The van der Waals surface area contributed by atoms with Gasteiger partial charge in [0.15, 0.2) is 0 Å². The molecule has 0 bridgehead atoms. The van der Waals surface area contributed by atoms with Gasteiger partial charge in [-0.2, -0.15) is 0 Å². The van der Waals surface area contributed by atoms with Crippen LogP contribution in [0.4, 0.5) is 5.69 Å². The third kappa shape index (κ3) is 3.15. The highest BCUT2D eigenvalue weighted by Crippen LogP contribution is 2.34. The van der Waals surface area contributed by atoms with E-state index in [-0.39, 0.29) is 0 Å². The summed E-state index contributed by atoms with van der Waals surface area (Å²) in [6.07, 6.45) is -5.82. The maximum atomic E-state index is 10.2. The summed E-state index contributed by atoms with van der Waals surface area (Å²) in [5.74, 6) is 0. The Kier molecular flexibility index (Phi) is 4.84. The molecule has 1 saturated heterocycles. The van der Waals surface area contributed by atoms with Gasteiger partial charge in [-0.1, -0.05) is 30.3 Å². The van der Waals surface area contributed by atoms with Crippen LogP contribution in [0, 0.1) is 0 Å². The summed E-state index contributed by atoms with van der Waals surface area (Å²) in [5, 5.41) is 39.4. The molecule has 0 aromatic heterocycles. The lowest BCUT2D eigenvalue weighted by molar-refractivity contribution is -0.231. The topological polar surface area (TPSA) is 116 Å². The van der Waals surface area contributed by atoms with Crippen LogP contribution >= 0.6 is 0 Å². The highest BCUT2D eigenvalue weighted by molar-refractivity contribution is 5.68. The van der Waals surface area contributed by atoms with Crippen molar-refractivity contribution in [3.05, 3.63) is 54.1 Å². The van der Waals surface area contributed by atoms with Crippen LogP contribution < -0.4 is 5.73 Å². The molecule has 0 spiro atoms. The molecule has 24 heavy (non-hydrogen) atoms. The first kappa shape index (κ1) is 16.9. The van der Waals surface area contributed by atoms with Crippen LogP contribution in [-0.4, -0.2) is 51.4 Å². The fraction of sp³-hybridized carbons (Fsp3) is 0.333. The van der Waals surface area contributed by atoms with E-state index in [9.17, 15) is 20.4 Å². The van der Waals surface area contributed by atoms with Crippen molar-refractivity contribution in [2.75, 3.05) is 12.3 Å². The van der Waals surface area contributed by atoms with Crippen LogP contribution in [0.25, 0.3) is 11.1 Å². The molecule has 6 nitrogen and oxygen atoms in total. The minimum atomic E-state index is -1.39. The van der Waals surface area contributed by atoms with E-state index in [0.29, 0.717) is 11.3 Å². The molecule has 0 radical (unpaired) electrons. The van der Waals surface area contributed by atoms with Gasteiger partial charge < -0.3 is 30.9 Å². The lowest BCUT2D eigenvalue weighted by atomic mass is 9.90. The molecule has 1 fully saturated rings. The molecule has 0 aliphatic carbocycles. The number of rotatable bonds is 3. The molecule has 5 atom stereocenters. The summed E-state index contributed by atoms with van der Waals surface area (Å²) < 4.78 is 5.60. The molecule has 0 amide bonds. The second kappa shape index (κ2) is 6.88. The monoisotopic (exact) mass is 331 g/mol. The summed E-state index contributed by atoms with van der Waals surface area (Å²) in [7, 11) is 0. The van der Waals surface area contributed by atoms with Crippen molar-refractivity contribution in [2.24, 2.45) is 0 Å².